The average molecular weight is 411 g/mol. The minimum absolute atomic E-state index is 0.267. The van der Waals surface area contributed by atoms with Crippen LogP contribution >= 0.6 is 11.6 Å². The van der Waals surface area contributed by atoms with Crippen LogP contribution in [0.1, 0.15) is 18.1 Å². The van der Waals surface area contributed by atoms with Gasteiger partial charge < -0.3 is 10.1 Å². The van der Waals surface area contributed by atoms with Gasteiger partial charge in [0.25, 0.3) is 0 Å². The maximum absolute atomic E-state index is 12.6. The predicted molar refractivity (Wildman–Crippen MR) is 108 cm³/mol. The van der Waals surface area contributed by atoms with Crippen molar-refractivity contribution in [1.29, 1.82) is 0 Å². The third-order valence-electron chi connectivity index (χ3n) is 4.04. The lowest BCUT2D eigenvalue weighted by Crippen LogP contribution is -2.47. The molecule has 27 heavy (non-hydrogen) atoms. The Morgan fingerprint density at radius 1 is 1.22 bits per heavy atom. The molecule has 1 atom stereocenters. The van der Waals surface area contributed by atoms with E-state index in [1.165, 1.54) is 7.11 Å². The van der Waals surface area contributed by atoms with E-state index in [0.29, 0.717) is 16.5 Å². The number of ether oxygens (including phenoxy) is 1. The molecule has 0 aromatic heterocycles. The second-order valence-electron chi connectivity index (χ2n) is 6.25. The first-order valence-corrected chi connectivity index (χ1v) is 10.5. The number of hydrogen-bond acceptors (Lipinski definition) is 4. The number of hydrogen-bond donors (Lipinski definition) is 1. The van der Waals surface area contributed by atoms with Crippen LogP contribution in [0.2, 0.25) is 5.02 Å². The van der Waals surface area contributed by atoms with Gasteiger partial charge in [-0.1, -0.05) is 29.8 Å². The number of aryl methyl sites for hydroxylation is 1. The molecule has 2 aromatic carbocycles. The van der Waals surface area contributed by atoms with Gasteiger partial charge >= 0.3 is 0 Å². The number of amides is 1. The molecular formula is C19H23ClN2O4S. The van der Waals surface area contributed by atoms with E-state index in [1.54, 1.807) is 43.3 Å². The maximum Gasteiger partial charge on any atom is 0.243 e. The molecule has 8 heteroatoms. The van der Waals surface area contributed by atoms with E-state index in [1.807, 2.05) is 13.0 Å². The van der Waals surface area contributed by atoms with Gasteiger partial charge in [-0.05, 0) is 49.2 Å². The van der Waals surface area contributed by atoms with Gasteiger partial charge in [0.15, 0.2) is 0 Å². The molecule has 2 rings (SSSR count). The van der Waals surface area contributed by atoms with Gasteiger partial charge in [-0.2, -0.15) is 0 Å². The molecule has 1 amide bonds. The van der Waals surface area contributed by atoms with Gasteiger partial charge in [-0.15, -0.1) is 0 Å². The average Bonchev–Trinajstić information content (AvgIpc) is 2.60. The number of sulfonamides is 1. The van der Waals surface area contributed by atoms with Crippen molar-refractivity contribution in [2.45, 2.75) is 26.4 Å². The molecule has 0 spiro atoms. The first-order chi connectivity index (χ1) is 12.6. The zero-order valence-electron chi connectivity index (χ0n) is 15.7. The van der Waals surface area contributed by atoms with Gasteiger partial charge in [0.2, 0.25) is 15.9 Å². The quantitative estimate of drug-likeness (QED) is 0.760. The van der Waals surface area contributed by atoms with E-state index in [-0.39, 0.29) is 6.54 Å². The van der Waals surface area contributed by atoms with E-state index in [0.717, 1.165) is 21.7 Å². The zero-order valence-corrected chi connectivity index (χ0v) is 17.3. The van der Waals surface area contributed by atoms with Crippen molar-refractivity contribution < 1.29 is 17.9 Å². The predicted octanol–water partition coefficient (Wildman–Crippen LogP) is 3.13. The molecule has 0 unspecified atom stereocenters. The van der Waals surface area contributed by atoms with Crippen LogP contribution < -0.4 is 14.4 Å². The normalized spacial score (nSPS) is 12.3. The standard InChI is InChI=1S/C19H23ClN2O4S/c1-13-5-10-18(26-3)17(11-13)22(27(4,24)25)14(2)19(23)21-12-15-6-8-16(20)9-7-15/h5-11,14H,12H2,1-4H3,(H,21,23)/t14-/m1/s1. The molecular weight excluding hydrogens is 388 g/mol. The van der Waals surface area contributed by atoms with Gasteiger partial charge in [0, 0.05) is 11.6 Å². The van der Waals surface area contributed by atoms with Crippen LogP contribution in [0.4, 0.5) is 5.69 Å². The molecule has 0 radical (unpaired) electrons. The number of nitrogens with zero attached hydrogens (tertiary/aromatic N) is 1. The number of anilines is 1. The summed E-state index contributed by atoms with van der Waals surface area (Å²) in [4.78, 5) is 12.6. The fourth-order valence-electron chi connectivity index (χ4n) is 2.69. The monoisotopic (exact) mass is 410 g/mol. The summed E-state index contributed by atoms with van der Waals surface area (Å²) in [6.07, 6.45) is 1.07. The number of benzene rings is 2. The smallest absolute Gasteiger partial charge is 0.243 e. The number of methoxy groups -OCH3 is 1. The van der Waals surface area contributed by atoms with Crippen molar-refractivity contribution >= 4 is 33.2 Å². The van der Waals surface area contributed by atoms with Gasteiger partial charge in [0.1, 0.15) is 11.8 Å². The maximum atomic E-state index is 12.6. The van der Waals surface area contributed by atoms with Crippen LogP contribution in [0, 0.1) is 6.92 Å². The van der Waals surface area contributed by atoms with Gasteiger partial charge in [0.05, 0.1) is 19.1 Å². The van der Waals surface area contributed by atoms with Gasteiger partial charge in [-0.25, -0.2) is 8.42 Å². The van der Waals surface area contributed by atoms with E-state index >= 15 is 0 Å². The van der Waals surface area contributed by atoms with Crippen LogP contribution in [0.5, 0.6) is 5.75 Å². The summed E-state index contributed by atoms with van der Waals surface area (Å²) in [6, 6.07) is 11.3. The first kappa shape index (κ1) is 21.1. The highest BCUT2D eigenvalue weighted by Gasteiger charge is 2.31. The van der Waals surface area contributed by atoms with Crippen LogP contribution in [-0.4, -0.2) is 33.7 Å². The summed E-state index contributed by atoms with van der Waals surface area (Å²) in [6.45, 7) is 3.65. The highest BCUT2D eigenvalue weighted by Crippen LogP contribution is 2.32. The lowest BCUT2D eigenvalue weighted by molar-refractivity contribution is -0.122. The lowest BCUT2D eigenvalue weighted by Gasteiger charge is -2.29. The minimum atomic E-state index is -3.73. The molecule has 0 aliphatic rings. The molecule has 0 bridgehead atoms. The molecule has 0 aliphatic carbocycles. The molecule has 146 valence electrons. The summed E-state index contributed by atoms with van der Waals surface area (Å²) in [5.74, 6) is -0.0395. The highest BCUT2D eigenvalue weighted by molar-refractivity contribution is 7.92. The number of rotatable bonds is 7. The lowest BCUT2D eigenvalue weighted by atomic mass is 10.2. The summed E-state index contributed by atoms with van der Waals surface area (Å²) in [5.41, 5.74) is 2.04. The van der Waals surface area contributed by atoms with E-state index in [2.05, 4.69) is 5.32 Å². The Morgan fingerprint density at radius 3 is 2.41 bits per heavy atom. The number of carbonyl (C=O) groups excluding carboxylic acids is 1. The Balaban J connectivity index is 2.27. The Kier molecular flexibility index (Phi) is 6.73. The van der Waals surface area contributed by atoms with Crippen LogP contribution in [0.15, 0.2) is 42.5 Å². The Bertz CT molecular complexity index is 914. The summed E-state index contributed by atoms with van der Waals surface area (Å²) < 4.78 is 31.3. The van der Waals surface area contributed by atoms with Crippen molar-refractivity contribution in [3.05, 3.63) is 58.6 Å². The molecule has 0 heterocycles. The number of carbonyl (C=O) groups is 1. The van der Waals surface area contributed by atoms with Crippen LogP contribution in [0.25, 0.3) is 0 Å². The fraction of sp³-hybridized carbons (Fsp3) is 0.316. The van der Waals surface area contributed by atoms with Gasteiger partial charge in [-0.3, -0.25) is 9.10 Å². The molecule has 0 saturated carbocycles. The molecule has 0 saturated heterocycles. The highest BCUT2D eigenvalue weighted by atomic mass is 35.5. The Labute approximate surface area is 165 Å². The molecule has 2 aromatic rings. The Morgan fingerprint density at radius 2 is 1.85 bits per heavy atom. The SMILES string of the molecule is COc1ccc(C)cc1N([C@H](C)C(=O)NCc1ccc(Cl)cc1)S(C)(=O)=O. The molecule has 6 nitrogen and oxygen atoms in total. The third kappa shape index (κ3) is 5.37. The largest absolute Gasteiger partial charge is 0.495 e. The molecule has 0 aliphatic heterocycles. The van der Waals surface area contributed by atoms with Crippen LogP contribution in [-0.2, 0) is 21.4 Å². The summed E-state index contributed by atoms with van der Waals surface area (Å²) in [7, 11) is -2.27. The molecule has 0 fully saturated rings. The van der Waals surface area contributed by atoms with Crippen molar-refractivity contribution in [3.63, 3.8) is 0 Å². The second kappa shape index (κ2) is 8.63. The first-order valence-electron chi connectivity index (χ1n) is 8.29. The fourth-order valence-corrected chi connectivity index (χ4v) is 3.99. The van der Waals surface area contributed by atoms with Crippen molar-refractivity contribution in [2.75, 3.05) is 17.7 Å². The topological polar surface area (TPSA) is 75.7 Å². The van der Waals surface area contributed by atoms with Crippen molar-refractivity contribution in [3.8, 4) is 5.75 Å². The minimum Gasteiger partial charge on any atom is -0.495 e. The zero-order chi connectivity index (χ0) is 20.2. The van der Waals surface area contributed by atoms with E-state index < -0.39 is 22.0 Å². The summed E-state index contributed by atoms with van der Waals surface area (Å²) in [5, 5.41) is 3.37. The van der Waals surface area contributed by atoms with E-state index in [4.69, 9.17) is 16.3 Å². The second-order valence-corrected chi connectivity index (χ2v) is 8.55. The third-order valence-corrected chi connectivity index (χ3v) is 5.52. The molecule has 1 N–H and O–H groups in total. The summed E-state index contributed by atoms with van der Waals surface area (Å²) >= 11 is 5.85. The van der Waals surface area contributed by atoms with Crippen molar-refractivity contribution in [1.82, 2.24) is 5.32 Å². The number of halogens is 1. The van der Waals surface area contributed by atoms with Crippen LogP contribution in [0.3, 0.4) is 0 Å². The number of nitrogens with one attached hydrogen (secondary N) is 1. The Hall–Kier alpha value is -2.25. The van der Waals surface area contributed by atoms with Crippen molar-refractivity contribution in [2.24, 2.45) is 0 Å². The van der Waals surface area contributed by atoms with E-state index in [9.17, 15) is 13.2 Å².